The molecular weight excluding hydrogens is 250 g/mol. The van der Waals surface area contributed by atoms with Crippen LogP contribution in [0.15, 0.2) is 39.3 Å². The van der Waals surface area contributed by atoms with Crippen LogP contribution >= 0.6 is 11.3 Å². The third-order valence-corrected chi connectivity index (χ3v) is 2.99. The zero-order valence-corrected chi connectivity index (χ0v) is 10.9. The van der Waals surface area contributed by atoms with E-state index in [2.05, 4.69) is 10.3 Å². The van der Waals surface area contributed by atoms with Gasteiger partial charge in [0.05, 0.1) is 0 Å². The van der Waals surface area contributed by atoms with Crippen molar-refractivity contribution in [2.24, 2.45) is 4.99 Å². The summed E-state index contributed by atoms with van der Waals surface area (Å²) in [7, 11) is 0. The average Bonchev–Trinajstić information content (AvgIpc) is 2.96. The van der Waals surface area contributed by atoms with E-state index >= 15 is 0 Å². The summed E-state index contributed by atoms with van der Waals surface area (Å²) in [5.41, 5.74) is 0. The predicted molar refractivity (Wildman–Crippen MR) is 67.5 cm³/mol. The fourth-order valence-corrected chi connectivity index (χ4v) is 1.85. The van der Waals surface area contributed by atoms with Crippen LogP contribution in [0.1, 0.15) is 24.8 Å². The molecule has 0 bridgehead atoms. The van der Waals surface area contributed by atoms with Gasteiger partial charge in [0.2, 0.25) is 5.27 Å². The molecule has 5 nitrogen and oxygen atoms in total. The van der Waals surface area contributed by atoms with E-state index < -0.39 is 0 Å². The summed E-state index contributed by atoms with van der Waals surface area (Å²) in [6.45, 7) is 3.93. The summed E-state index contributed by atoms with van der Waals surface area (Å²) in [4.78, 5) is 4.80. The van der Waals surface area contributed by atoms with Crippen molar-refractivity contribution in [2.75, 3.05) is 0 Å². The van der Waals surface area contributed by atoms with Gasteiger partial charge >= 0.3 is 5.88 Å². The van der Waals surface area contributed by atoms with Gasteiger partial charge in [0.25, 0.3) is 6.20 Å². The maximum absolute atomic E-state index is 11.5. The number of rotatable bonds is 4. The van der Waals surface area contributed by atoms with E-state index in [9.17, 15) is 5.11 Å². The molecule has 0 saturated carbocycles. The number of hydrogen-bond acceptors (Lipinski definition) is 5. The summed E-state index contributed by atoms with van der Waals surface area (Å²) < 4.78 is 6.53. The fraction of sp³-hybridized carbons (Fsp3) is 0.250. The minimum Gasteiger partial charge on any atom is -0.859 e. The van der Waals surface area contributed by atoms with Crippen molar-refractivity contribution in [3.8, 4) is 0 Å². The van der Waals surface area contributed by atoms with Crippen LogP contribution in [0.2, 0.25) is 0 Å². The number of aromatic nitrogens is 2. The van der Waals surface area contributed by atoms with Crippen molar-refractivity contribution < 1.29 is 14.3 Å². The molecule has 0 amide bonds. The Bertz CT molecular complexity index is 556. The van der Waals surface area contributed by atoms with Crippen LogP contribution in [-0.4, -0.2) is 11.2 Å². The highest BCUT2D eigenvalue weighted by atomic mass is 32.1. The Morgan fingerprint density at radius 2 is 2.44 bits per heavy atom. The van der Waals surface area contributed by atoms with E-state index in [1.807, 2.05) is 31.4 Å². The molecule has 0 atom stereocenters. The van der Waals surface area contributed by atoms with Gasteiger partial charge in [-0.25, -0.2) is 4.99 Å². The van der Waals surface area contributed by atoms with Gasteiger partial charge in [-0.1, -0.05) is 6.07 Å². The second-order valence-corrected chi connectivity index (χ2v) is 4.89. The van der Waals surface area contributed by atoms with E-state index in [1.54, 1.807) is 28.3 Å². The third-order valence-electron chi connectivity index (χ3n) is 2.15. The Balaban J connectivity index is 2.07. The molecule has 0 aliphatic rings. The normalized spacial score (nSPS) is 12.7. The molecule has 2 heterocycles. The summed E-state index contributed by atoms with van der Waals surface area (Å²) in [6, 6.07) is 4.03. The van der Waals surface area contributed by atoms with Crippen LogP contribution in [0, 0.1) is 0 Å². The van der Waals surface area contributed by atoms with Gasteiger partial charge in [0, 0.05) is 4.88 Å². The quantitative estimate of drug-likeness (QED) is 0.479. The maximum Gasteiger partial charge on any atom is 0.320 e. The SMILES string of the molecule is CC(C)[n+]1cc(/N=C([O-])/C=C/c2cccs2)on1. The van der Waals surface area contributed by atoms with Crippen LogP contribution in [0.4, 0.5) is 5.88 Å². The van der Waals surface area contributed by atoms with Gasteiger partial charge in [-0.05, 0) is 48.0 Å². The first-order chi connectivity index (χ1) is 8.65. The molecule has 0 N–H and O–H groups in total. The second kappa shape index (κ2) is 5.59. The molecule has 0 aliphatic heterocycles. The van der Waals surface area contributed by atoms with Gasteiger partial charge in [-0.3, -0.25) is 4.52 Å². The smallest absolute Gasteiger partial charge is 0.320 e. The molecule has 0 aromatic carbocycles. The first kappa shape index (κ1) is 12.5. The zero-order valence-electron chi connectivity index (χ0n) is 10.1. The molecule has 6 heteroatoms. The van der Waals surface area contributed by atoms with Crippen molar-refractivity contribution in [1.82, 2.24) is 5.27 Å². The van der Waals surface area contributed by atoms with E-state index in [-0.39, 0.29) is 17.8 Å². The van der Waals surface area contributed by atoms with Crippen LogP contribution in [0.25, 0.3) is 6.08 Å². The standard InChI is InChI=1S/C12H13N3O2S/c1-9(2)15-8-12(17-14-15)13-11(16)6-5-10-4-3-7-18-10/h3-9H,1-2H3/b6-5+. The lowest BCUT2D eigenvalue weighted by molar-refractivity contribution is -0.779. The van der Waals surface area contributed by atoms with Crippen molar-refractivity contribution in [3.05, 3.63) is 34.7 Å². The molecule has 2 aromatic heterocycles. The van der Waals surface area contributed by atoms with E-state index in [1.165, 1.54) is 6.08 Å². The Kier molecular flexibility index (Phi) is 3.88. The van der Waals surface area contributed by atoms with E-state index in [0.29, 0.717) is 0 Å². The van der Waals surface area contributed by atoms with Crippen molar-refractivity contribution in [3.63, 3.8) is 0 Å². The predicted octanol–water partition coefficient (Wildman–Crippen LogP) is 1.71. The Morgan fingerprint density at radius 1 is 1.61 bits per heavy atom. The maximum atomic E-state index is 11.5. The summed E-state index contributed by atoms with van der Waals surface area (Å²) in [5.74, 6) is -0.153. The molecule has 94 valence electrons. The van der Waals surface area contributed by atoms with Gasteiger partial charge in [0.15, 0.2) is 6.04 Å². The molecule has 0 fully saturated rings. The highest BCUT2D eigenvalue weighted by molar-refractivity contribution is 7.10. The highest BCUT2D eigenvalue weighted by Crippen LogP contribution is 2.11. The highest BCUT2D eigenvalue weighted by Gasteiger charge is 2.13. The first-order valence-electron chi connectivity index (χ1n) is 5.50. The molecule has 0 unspecified atom stereocenters. The molecule has 0 saturated heterocycles. The molecular formula is C12H13N3O2S. The van der Waals surface area contributed by atoms with Crippen molar-refractivity contribution >= 4 is 29.2 Å². The summed E-state index contributed by atoms with van der Waals surface area (Å²) in [5, 5.41) is 17.2. The molecule has 0 spiro atoms. The lowest BCUT2D eigenvalue weighted by atomic mass is 10.4. The number of thiophene rings is 1. The van der Waals surface area contributed by atoms with E-state index in [0.717, 1.165) is 4.88 Å². The molecule has 2 rings (SSSR count). The summed E-state index contributed by atoms with van der Waals surface area (Å²) in [6.07, 6.45) is 4.74. The lowest BCUT2D eigenvalue weighted by Crippen LogP contribution is -2.36. The number of aliphatic imine (C=N–C) groups is 1. The minimum absolute atomic E-state index is 0.175. The Morgan fingerprint density at radius 3 is 3.06 bits per heavy atom. The van der Waals surface area contributed by atoms with Gasteiger partial charge < -0.3 is 5.11 Å². The Labute approximate surface area is 109 Å². The van der Waals surface area contributed by atoms with Crippen molar-refractivity contribution in [2.45, 2.75) is 19.9 Å². The second-order valence-electron chi connectivity index (χ2n) is 3.91. The molecule has 0 radical (unpaired) electrons. The monoisotopic (exact) mass is 263 g/mol. The van der Waals surface area contributed by atoms with Gasteiger partial charge in [0.1, 0.15) is 0 Å². The van der Waals surface area contributed by atoms with Crippen molar-refractivity contribution in [1.29, 1.82) is 0 Å². The first-order valence-corrected chi connectivity index (χ1v) is 6.38. The van der Waals surface area contributed by atoms with Crippen LogP contribution in [-0.2, 0) is 0 Å². The van der Waals surface area contributed by atoms with Crippen LogP contribution < -0.4 is 9.79 Å². The van der Waals surface area contributed by atoms with Crippen LogP contribution in [0.3, 0.4) is 0 Å². The van der Waals surface area contributed by atoms with Gasteiger partial charge in [-0.2, -0.15) is 0 Å². The Hall–Kier alpha value is -1.95. The number of hydrogen-bond donors (Lipinski definition) is 0. The largest absolute Gasteiger partial charge is 0.859 e. The van der Waals surface area contributed by atoms with Gasteiger partial charge in [-0.15, -0.1) is 11.3 Å². The summed E-state index contributed by atoms with van der Waals surface area (Å²) >= 11 is 1.56. The minimum atomic E-state index is -0.365. The average molecular weight is 263 g/mol. The molecule has 0 aliphatic carbocycles. The topological polar surface area (TPSA) is 65.3 Å². The lowest BCUT2D eigenvalue weighted by Gasteiger charge is -2.00. The fourth-order valence-electron chi connectivity index (χ4n) is 1.23. The molecule has 2 aromatic rings. The zero-order chi connectivity index (χ0) is 13.0. The third kappa shape index (κ3) is 3.27. The van der Waals surface area contributed by atoms with Crippen LogP contribution in [0.5, 0.6) is 0 Å². The van der Waals surface area contributed by atoms with E-state index in [4.69, 9.17) is 4.52 Å². The number of nitrogens with zero attached hydrogens (tertiary/aromatic N) is 3. The molecule has 18 heavy (non-hydrogen) atoms.